The van der Waals surface area contributed by atoms with E-state index in [9.17, 15) is 9.59 Å². The summed E-state index contributed by atoms with van der Waals surface area (Å²) in [5.41, 5.74) is 1.02. The zero-order valence-corrected chi connectivity index (χ0v) is 16.1. The number of halogens is 2. The minimum atomic E-state index is -0.775. The molecule has 7 heteroatoms. The number of carbonyl (C=O) groups excluding carboxylic acids is 2. The molecule has 0 aromatic heterocycles. The zero-order chi connectivity index (χ0) is 19.6. The van der Waals surface area contributed by atoms with Crippen LogP contribution in [0.1, 0.15) is 29.8 Å². The number of Topliss-reactive ketones (excluding diaryl/α,β-unsaturated/α-hetero) is 1. The van der Waals surface area contributed by atoms with Gasteiger partial charge in [-0.25, -0.2) is 4.79 Å². The van der Waals surface area contributed by atoms with E-state index in [-0.39, 0.29) is 18.1 Å². The highest BCUT2D eigenvalue weighted by Crippen LogP contribution is 2.36. The van der Waals surface area contributed by atoms with Crippen LogP contribution in [-0.2, 0) is 9.53 Å². The van der Waals surface area contributed by atoms with Crippen molar-refractivity contribution < 1.29 is 23.8 Å². The van der Waals surface area contributed by atoms with Gasteiger partial charge in [0.25, 0.3) is 0 Å². The molecule has 0 radical (unpaired) electrons. The lowest BCUT2D eigenvalue weighted by atomic mass is 10.1. The van der Waals surface area contributed by atoms with Crippen molar-refractivity contribution in [3.05, 3.63) is 63.3 Å². The summed E-state index contributed by atoms with van der Waals surface area (Å²) in [6, 6.07) is 9.73. The minimum Gasteiger partial charge on any atom is -0.479 e. The van der Waals surface area contributed by atoms with Gasteiger partial charge in [-0.15, -0.1) is 0 Å². The second kappa shape index (κ2) is 8.03. The van der Waals surface area contributed by atoms with Gasteiger partial charge in [0, 0.05) is 16.1 Å². The van der Waals surface area contributed by atoms with Crippen LogP contribution in [0.15, 0.2) is 42.2 Å². The fourth-order valence-corrected chi connectivity index (χ4v) is 2.98. The fourth-order valence-electron chi connectivity index (χ4n) is 2.51. The summed E-state index contributed by atoms with van der Waals surface area (Å²) in [7, 11) is 0. The lowest BCUT2D eigenvalue weighted by molar-refractivity contribution is -0.150. The summed E-state index contributed by atoms with van der Waals surface area (Å²) in [4.78, 5) is 24.2. The van der Waals surface area contributed by atoms with Crippen LogP contribution in [0.3, 0.4) is 0 Å². The van der Waals surface area contributed by atoms with E-state index < -0.39 is 12.1 Å². The highest BCUT2D eigenvalue weighted by atomic mass is 35.5. The number of esters is 1. The summed E-state index contributed by atoms with van der Waals surface area (Å²) >= 11 is 12.0. The predicted octanol–water partition coefficient (Wildman–Crippen LogP) is 4.94. The van der Waals surface area contributed by atoms with E-state index in [1.165, 1.54) is 0 Å². The molecule has 2 aromatic carbocycles. The Balaban J connectivity index is 1.81. The van der Waals surface area contributed by atoms with Crippen molar-refractivity contribution in [2.24, 2.45) is 0 Å². The third-order valence-corrected chi connectivity index (χ3v) is 4.38. The van der Waals surface area contributed by atoms with Crippen LogP contribution >= 0.6 is 23.2 Å². The molecular formula is C20H16Cl2O5. The van der Waals surface area contributed by atoms with Crippen LogP contribution in [0, 0.1) is 0 Å². The van der Waals surface area contributed by atoms with Gasteiger partial charge in [-0.2, -0.15) is 0 Å². The number of benzene rings is 2. The second-order valence-electron chi connectivity index (χ2n) is 5.78. The monoisotopic (exact) mass is 406 g/mol. The molecule has 1 atom stereocenters. The van der Waals surface area contributed by atoms with Crippen LogP contribution in [0.5, 0.6) is 11.5 Å². The molecule has 0 bridgehead atoms. The quantitative estimate of drug-likeness (QED) is 0.519. The van der Waals surface area contributed by atoms with Crippen molar-refractivity contribution in [3.63, 3.8) is 0 Å². The first-order chi connectivity index (χ1) is 12.9. The first-order valence-electron chi connectivity index (χ1n) is 8.25. The largest absolute Gasteiger partial charge is 0.479 e. The maximum absolute atomic E-state index is 12.5. The van der Waals surface area contributed by atoms with Crippen molar-refractivity contribution in [1.82, 2.24) is 0 Å². The van der Waals surface area contributed by atoms with Crippen LogP contribution in [0.2, 0.25) is 10.0 Å². The molecule has 1 aliphatic rings. The molecule has 0 saturated heterocycles. The van der Waals surface area contributed by atoms with Crippen molar-refractivity contribution in [2.75, 3.05) is 6.61 Å². The molecular weight excluding hydrogens is 391 g/mol. The molecule has 0 N–H and O–H groups in total. The number of carbonyl (C=O) groups is 2. The summed E-state index contributed by atoms with van der Waals surface area (Å²) in [6.45, 7) is 3.58. The van der Waals surface area contributed by atoms with Gasteiger partial charge >= 0.3 is 5.97 Å². The lowest BCUT2D eigenvalue weighted by Crippen LogP contribution is -2.26. The third kappa shape index (κ3) is 4.26. The second-order valence-corrected chi connectivity index (χ2v) is 6.62. The Kier molecular flexibility index (Phi) is 5.73. The van der Waals surface area contributed by atoms with Gasteiger partial charge in [0.05, 0.1) is 12.2 Å². The van der Waals surface area contributed by atoms with Gasteiger partial charge in [-0.1, -0.05) is 29.3 Å². The normalized spacial score (nSPS) is 15.3. The topological polar surface area (TPSA) is 61.8 Å². The van der Waals surface area contributed by atoms with E-state index in [4.69, 9.17) is 37.4 Å². The van der Waals surface area contributed by atoms with E-state index in [1.807, 2.05) is 0 Å². The molecule has 2 aromatic rings. The zero-order valence-electron chi connectivity index (χ0n) is 14.6. The summed E-state index contributed by atoms with van der Waals surface area (Å²) in [5, 5.41) is 0.913. The smallest absolute Gasteiger partial charge is 0.347 e. The number of fused-ring (bicyclic) bond motifs is 1. The van der Waals surface area contributed by atoms with E-state index in [0.29, 0.717) is 32.7 Å². The van der Waals surface area contributed by atoms with Crippen molar-refractivity contribution >= 4 is 41.0 Å². The minimum absolute atomic E-state index is 0.143. The molecule has 0 amide bonds. The Bertz CT molecular complexity index is 936. The molecule has 3 rings (SSSR count). The maximum atomic E-state index is 12.5. The molecule has 0 fully saturated rings. The van der Waals surface area contributed by atoms with Crippen molar-refractivity contribution in [3.8, 4) is 11.5 Å². The molecule has 1 aliphatic heterocycles. The fraction of sp³-hybridized carbons (Fsp3) is 0.200. The highest BCUT2D eigenvalue weighted by molar-refractivity contribution is 6.35. The average molecular weight is 407 g/mol. The van der Waals surface area contributed by atoms with Crippen molar-refractivity contribution in [2.45, 2.75) is 20.0 Å². The summed E-state index contributed by atoms with van der Waals surface area (Å²) < 4.78 is 16.1. The predicted molar refractivity (Wildman–Crippen MR) is 103 cm³/mol. The van der Waals surface area contributed by atoms with E-state index in [0.717, 1.165) is 0 Å². The Labute approximate surface area is 166 Å². The number of allylic oxidation sites excluding steroid dienone is 1. The molecule has 0 saturated carbocycles. The van der Waals surface area contributed by atoms with Gasteiger partial charge in [0.1, 0.15) is 11.5 Å². The third-order valence-electron chi connectivity index (χ3n) is 3.82. The number of hydrogen-bond acceptors (Lipinski definition) is 5. The van der Waals surface area contributed by atoms with Crippen molar-refractivity contribution in [1.29, 1.82) is 0 Å². The van der Waals surface area contributed by atoms with Crippen LogP contribution in [0.4, 0.5) is 0 Å². The number of rotatable bonds is 5. The maximum Gasteiger partial charge on any atom is 0.347 e. The number of hydrogen-bond donors (Lipinski definition) is 0. The Morgan fingerprint density at radius 1 is 1.22 bits per heavy atom. The molecule has 1 heterocycles. The van der Waals surface area contributed by atoms with Gasteiger partial charge in [-0.3, -0.25) is 4.79 Å². The van der Waals surface area contributed by atoms with E-state index in [2.05, 4.69) is 0 Å². The number of ether oxygens (including phenoxy) is 3. The average Bonchev–Trinajstić information content (AvgIpc) is 2.93. The molecule has 0 aliphatic carbocycles. The molecule has 27 heavy (non-hydrogen) atoms. The molecule has 5 nitrogen and oxygen atoms in total. The molecule has 0 unspecified atom stereocenters. The van der Waals surface area contributed by atoms with Gasteiger partial charge < -0.3 is 14.2 Å². The molecule has 0 spiro atoms. The Morgan fingerprint density at radius 2 is 2.00 bits per heavy atom. The Morgan fingerprint density at radius 3 is 2.70 bits per heavy atom. The first-order valence-corrected chi connectivity index (χ1v) is 9.01. The SMILES string of the molecule is CCOC(=O)[C@H](C)Oc1ccc2c(c1)O/C(=C\c1ccc(Cl)cc1Cl)C2=O. The van der Waals surface area contributed by atoms with E-state index in [1.54, 1.807) is 56.3 Å². The van der Waals surface area contributed by atoms with Crippen LogP contribution in [0.25, 0.3) is 6.08 Å². The van der Waals surface area contributed by atoms with Gasteiger partial charge in [0.2, 0.25) is 5.78 Å². The molecule has 140 valence electrons. The van der Waals surface area contributed by atoms with Gasteiger partial charge in [-0.05, 0) is 49.8 Å². The highest BCUT2D eigenvalue weighted by Gasteiger charge is 2.28. The van der Waals surface area contributed by atoms with Crippen LogP contribution < -0.4 is 9.47 Å². The summed E-state index contributed by atoms with van der Waals surface area (Å²) in [5.74, 6) is 0.163. The Hall–Kier alpha value is -2.50. The van der Waals surface area contributed by atoms with Gasteiger partial charge in [0.15, 0.2) is 11.9 Å². The van der Waals surface area contributed by atoms with E-state index >= 15 is 0 Å². The number of ketones is 1. The van der Waals surface area contributed by atoms with Crippen LogP contribution in [-0.4, -0.2) is 24.5 Å². The standard InChI is InChI=1S/C20H16Cl2O5/c1-3-25-20(24)11(2)26-14-6-7-15-17(10-14)27-18(19(15)23)8-12-4-5-13(21)9-16(12)22/h4-11H,3H2,1-2H3/b18-8-/t11-/m0/s1. The lowest BCUT2D eigenvalue weighted by Gasteiger charge is -2.13. The summed E-state index contributed by atoms with van der Waals surface area (Å²) in [6.07, 6.45) is 0.783. The first kappa shape index (κ1) is 19.3.